The van der Waals surface area contributed by atoms with Crippen molar-refractivity contribution in [3.63, 3.8) is 0 Å². The van der Waals surface area contributed by atoms with E-state index in [2.05, 4.69) is 25.9 Å². The molecule has 0 spiro atoms. The van der Waals surface area contributed by atoms with Crippen molar-refractivity contribution in [2.45, 2.75) is 26.4 Å². The van der Waals surface area contributed by atoms with Gasteiger partial charge in [0.2, 0.25) is 11.8 Å². The normalized spacial score (nSPS) is 10.1. The van der Waals surface area contributed by atoms with Crippen LogP contribution in [0.3, 0.4) is 0 Å². The number of rotatable bonds is 6. The topological polar surface area (TPSA) is 102 Å². The Bertz CT molecular complexity index is 610. The van der Waals surface area contributed by atoms with Gasteiger partial charge in [-0.15, -0.1) is 5.10 Å². The lowest BCUT2D eigenvalue weighted by Crippen LogP contribution is -2.27. The lowest BCUT2D eigenvalue weighted by molar-refractivity contribution is -0.122. The van der Waals surface area contributed by atoms with E-state index < -0.39 is 0 Å². The average molecular weight is 288 g/mol. The van der Waals surface area contributed by atoms with Gasteiger partial charge in [-0.25, -0.2) is 4.68 Å². The molecule has 0 aliphatic heterocycles. The van der Waals surface area contributed by atoms with E-state index in [-0.39, 0.29) is 18.4 Å². The molecule has 2 rings (SSSR count). The van der Waals surface area contributed by atoms with Gasteiger partial charge in [0.25, 0.3) is 0 Å². The van der Waals surface area contributed by atoms with E-state index in [4.69, 9.17) is 0 Å². The molecule has 2 aromatic rings. The summed E-state index contributed by atoms with van der Waals surface area (Å²) in [6, 6.07) is 3.68. The van der Waals surface area contributed by atoms with Crippen molar-refractivity contribution in [1.29, 1.82) is 0 Å². The molecule has 2 amide bonds. The highest BCUT2D eigenvalue weighted by Crippen LogP contribution is 2.01. The second kappa shape index (κ2) is 7.13. The van der Waals surface area contributed by atoms with Gasteiger partial charge >= 0.3 is 0 Å². The van der Waals surface area contributed by atoms with Gasteiger partial charge in [-0.2, -0.15) is 0 Å². The van der Waals surface area contributed by atoms with Gasteiger partial charge in [-0.1, -0.05) is 18.2 Å². The average Bonchev–Trinajstić information content (AvgIpc) is 2.93. The first-order chi connectivity index (χ1) is 10.2. The van der Waals surface area contributed by atoms with E-state index in [1.54, 1.807) is 19.3 Å². The fraction of sp³-hybridized carbons (Fsp3) is 0.308. The van der Waals surface area contributed by atoms with Crippen LogP contribution >= 0.6 is 0 Å². The molecule has 0 aromatic carbocycles. The van der Waals surface area contributed by atoms with Crippen molar-refractivity contribution in [2.75, 3.05) is 5.32 Å². The zero-order valence-corrected chi connectivity index (χ0v) is 11.6. The molecule has 0 saturated carbocycles. The van der Waals surface area contributed by atoms with Crippen molar-refractivity contribution in [2.24, 2.45) is 0 Å². The molecule has 2 heterocycles. The van der Waals surface area contributed by atoms with Crippen molar-refractivity contribution in [3.05, 3.63) is 36.3 Å². The van der Waals surface area contributed by atoms with Gasteiger partial charge in [0.05, 0.1) is 6.20 Å². The molecule has 0 bridgehead atoms. The third-order valence-electron chi connectivity index (χ3n) is 2.65. The first kappa shape index (κ1) is 14.6. The Labute approximate surface area is 121 Å². The quantitative estimate of drug-likeness (QED) is 0.798. The summed E-state index contributed by atoms with van der Waals surface area (Å²) < 4.78 is 1.36. The van der Waals surface area contributed by atoms with Gasteiger partial charge in [0.1, 0.15) is 6.54 Å². The summed E-state index contributed by atoms with van der Waals surface area (Å²) >= 11 is 0. The van der Waals surface area contributed by atoms with Crippen LogP contribution in [0.15, 0.2) is 30.7 Å². The van der Waals surface area contributed by atoms with Crippen LogP contribution in [0.4, 0.5) is 5.82 Å². The van der Waals surface area contributed by atoms with Gasteiger partial charge in [-0.05, 0) is 11.6 Å². The summed E-state index contributed by atoms with van der Waals surface area (Å²) in [7, 11) is 0. The Morgan fingerprint density at radius 2 is 2.19 bits per heavy atom. The Balaban J connectivity index is 1.81. The molecule has 0 fully saturated rings. The van der Waals surface area contributed by atoms with Gasteiger partial charge in [-0.3, -0.25) is 14.6 Å². The lowest BCUT2D eigenvalue weighted by atomic mass is 10.3. The van der Waals surface area contributed by atoms with E-state index in [0.717, 1.165) is 5.56 Å². The highest BCUT2D eigenvalue weighted by molar-refractivity contribution is 5.89. The fourth-order valence-corrected chi connectivity index (χ4v) is 1.57. The van der Waals surface area contributed by atoms with Crippen LogP contribution in [0.25, 0.3) is 0 Å². The number of hydrogen-bond donors (Lipinski definition) is 2. The third kappa shape index (κ3) is 4.68. The summed E-state index contributed by atoms with van der Waals surface area (Å²) in [5.41, 5.74) is 0.917. The minimum absolute atomic E-state index is 0.0370. The zero-order valence-electron chi connectivity index (χ0n) is 11.6. The van der Waals surface area contributed by atoms with Crippen LogP contribution in [0.5, 0.6) is 0 Å². The highest BCUT2D eigenvalue weighted by Gasteiger charge is 2.07. The Hall–Kier alpha value is -2.77. The summed E-state index contributed by atoms with van der Waals surface area (Å²) in [6.07, 6.45) is 5.23. The molecule has 2 N–H and O–H groups in total. The Morgan fingerprint density at radius 3 is 2.90 bits per heavy atom. The number of carbonyl (C=O) groups excluding carboxylic acids is 2. The number of pyridine rings is 1. The Kier molecular flexibility index (Phi) is 4.97. The van der Waals surface area contributed by atoms with Crippen LogP contribution in [-0.2, 0) is 22.7 Å². The second-order valence-electron chi connectivity index (χ2n) is 4.34. The van der Waals surface area contributed by atoms with Crippen molar-refractivity contribution in [1.82, 2.24) is 25.3 Å². The predicted molar refractivity (Wildman–Crippen MR) is 75.0 cm³/mol. The number of nitrogens with zero attached hydrogens (tertiary/aromatic N) is 4. The summed E-state index contributed by atoms with van der Waals surface area (Å²) in [4.78, 5) is 26.9. The molecule has 8 nitrogen and oxygen atoms in total. The first-order valence-electron chi connectivity index (χ1n) is 6.53. The smallest absolute Gasteiger partial charge is 0.242 e. The van der Waals surface area contributed by atoms with E-state index in [9.17, 15) is 9.59 Å². The number of nitrogens with one attached hydrogen (secondary N) is 2. The highest BCUT2D eigenvalue weighted by atomic mass is 16.2. The maximum atomic E-state index is 11.8. The predicted octanol–water partition coefficient (Wildman–Crippen LogP) is 0.338. The largest absolute Gasteiger partial charge is 0.350 e. The van der Waals surface area contributed by atoms with E-state index >= 15 is 0 Å². The van der Waals surface area contributed by atoms with Crippen molar-refractivity contribution >= 4 is 17.6 Å². The lowest BCUT2D eigenvalue weighted by Gasteiger charge is -2.04. The molecular formula is C13H16N6O2. The van der Waals surface area contributed by atoms with Crippen molar-refractivity contribution in [3.8, 4) is 0 Å². The van der Waals surface area contributed by atoms with Gasteiger partial charge < -0.3 is 10.6 Å². The van der Waals surface area contributed by atoms with Gasteiger partial charge in [0, 0.05) is 25.4 Å². The number of aromatic nitrogens is 4. The maximum absolute atomic E-state index is 11.8. The van der Waals surface area contributed by atoms with Crippen LogP contribution < -0.4 is 10.6 Å². The molecule has 110 valence electrons. The first-order valence-corrected chi connectivity index (χ1v) is 6.53. The van der Waals surface area contributed by atoms with Gasteiger partial charge in [0.15, 0.2) is 5.82 Å². The van der Waals surface area contributed by atoms with Crippen LogP contribution in [0.1, 0.15) is 18.9 Å². The molecule has 0 radical (unpaired) electrons. The van der Waals surface area contributed by atoms with E-state index in [1.807, 2.05) is 12.1 Å². The Morgan fingerprint density at radius 1 is 1.33 bits per heavy atom. The number of anilines is 1. The summed E-state index contributed by atoms with van der Waals surface area (Å²) in [5.74, 6) is -0.0119. The molecule has 0 unspecified atom stereocenters. The number of hydrogen-bond acceptors (Lipinski definition) is 5. The van der Waals surface area contributed by atoms with Crippen molar-refractivity contribution < 1.29 is 9.59 Å². The molecule has 8 heteroatoms. The van der Waals surface area contributed by atoms with Crippen LogP contribution in [0.2, 0.25) is 0 Å². The second-order valence-corrected chi connectivity index (χ2v) is 4.34. The summed E-state index contributed by atoms with van der Waals surface area (Å²) in [6.45, 7) is 2.18. The maximum Gasteiger partial charge on any atom is 0.242 e. The minimum atomic E-state index is -0.197. The molecule has 0 saturated heterocycles. The molecule has 0 aliphatic rings. The molecule has 0 atom stereocenters. The monoisotopic (exact) mass is 288 g/mol. The van der Waals surface area contributed by atoms with Crippen LogP contribution in [0, 0.1) is 0 Å². The zero-order chi connectivity index (χ0) is 15.1. The van der Waals surface area contributed by atoms with E-state index in [1.165, 1.54) is 10.9 Å². The minimum Gasteiger partial charge on any atom is -0.350 e. The number of amides is 2. The SMILES string of the molecule is CCC(=O)Nc1cn(CC(=O)NCc2cccnc2)nn1. The molecule has 21 heavy (non-hydrogen) atoms. The number of carbonyl (C=O) groups is 2. The van der Waals surface area contributed by atoms with E-state index in [0.29, 0.717) is 18.8 Å². The molecular weight excluding hydrogens is 272 g/mol. The third-order valence-corrected chi connectivity index (χ3v) is 2.65. The molecule has 2 aromatic heterocycles. The van der Waals surface area contributed by atoms with Crippen LogP contribution in [-0.4, -0.2) is 31.8 Å². The summed E-state index contributed by atoms with van der Waals surface area (Å²) in [5, 5.41) is 12.9. The molecule has 0 aliphatic carbocycles. The standard InChI is InChI=1S/C13H16N6O2/c1-2-12(20)16-11-8-19(18-17-11)9-13(21)15-7-10-4-3-5-14-6-10/h3-6,8H,2,7,9H2,1H3,(H,15,21)(H,16,20). The fourth-order valence-electron chi connectivity index (χ4n) is 1.57.